The van der Waals surface area contributed by atoms with Crippen molar-refractivity contribution in [3.8, 4) is 11.3 Å². The quantitative estimate of drug-likeness (QED) is 0.585. The van der Waals surface area contributed by atoms with Crippen LogP contribution in [0.1, 0.15) is 36.0 Å². The highest BCUT2D eigenvalue weighted by Crippen LogP contribution is 2.24. The van der Waals surface area contributed by atoms with Gasteiger partial charge in [0.15, 0.2) is 0 Å². The zero-order valence-corrected chi connectivity index (χ0v) is 18.3. The molecular formula is C23H26N6O3. The Hall–Kier alpha value is -3.46. The van der Waals surface area contributed by atoms with Crippen LogP contribution in [-0.2, 0) is 16.1 Å². The van der Waals surface area contributed by atoms with Crippen LogP contribution >= 0.6 is 0 Å². The lowest BCUT2D eigenvalue weighted by molar-refractivity contribution is -0.139. The van der Waals surface area contributed by atoms with Gasteiger partial charge >= 0.3 is 5.69 Å². The summed E-state index contributed by atoms with van der Waals surface area (Å²) in [6.45, 7) is 5.61. The number of rotatable bonds is 6. The van der Waals surface area contributed by atoms with E-state index in [0.717, 1.165) is 22.6 Å². The summed E-state index contributed by atoms with van der Waals surface area (Å²) in [5.41, 5.74) is 3.66. The van der Waals surface area contributed by atoms with Gasteiger partial charge in [0.05, 0.1) is 24.5 Å². The Labute approximate surface area is 186 Å². The van der Waals surface area contributed by atoms with E-state index in [2.05, 4.69) is 15.0 Å². The third-order valence-corrected chi connectivity index (χ3v) is 5.49. The lowest BCUT2D eigenvalue weighted by Crippen LogP contribution is -2.42. The Morgan fingerprint density at radius 2 is 2.00 bits per heavy atom. The molecule has 1 fully saturated rings. The van der Waals surface area contributed by atoms with Gasteiger partial charge in [0.2, 0.25) is 5.91 Å². The van der Waals surface area contributed by atoms with E-state index < -0.39 is 0 Å². The highest BCUT2D eigenvalue weighted by atomic mass is 16.5. The summed E-state index contributed by atoms with van der Waals surface area (Å²) in [4.78, 5) is 43.5. The molecule has 1 aliphatic heterocycles. The molecule has 1 saturated heterocycles. The van der Waals surface area contributed by atoms with Crippen molar-refractivity contribution in [3.05, 3.63) is 70.6 Å². The van der Waals surface area contributed by atoms with Gasteiger partial charge in [0, 0.05) is 48.9 Å². The fourth-order valence-corrected chi connectivity index (χ4v) is 3.87. The predicted molar refractivity (Wildman–Crippen MR) is 118 cm³/mol. The molecule has 0 spiro atoms. The van der Waals surface area contributed by atoms with Crippen molar-refractivity contribution < 1.29 is 9.53 Å². The largest absolute Gasteiger partial charge is 0.368 e. The van der Waals surface area contributed by atoms with E-state index in [9.17, 15) is 9.59 Å². The zero-order valence-electron chi connectivity index (χ0n) is 18.3. The van der Waals surface area contributed by atoms with Gasteiger partial charge in [-0.1, -0.05) is 6.07 Å². The average Bonchev–Trinajstić information content (AvgIpc) is 2.81. The summed E-state index contributed by atoms with van der Waals surface area (Å²) in [6, 6.07) is 7.60. The number of amides is 1. The van der Waals surface area contributed by atoms with E-state index in [0.29, 0.717) is 44.8 Å². The van der Waals surface area contributed by atoms with Crippen molar-refractivity contribution in [2.45, 2.75) is 39.3 Å². The van der Waals surface area contributed by atoms with Crippen LogP contribution in [0.3, 0.4) is 0 Å². The molecule has 4 rings (SSSR count). The number of hydrogen-bond acceptors (Lipinski definition) is 7. The average molecular weight is 435 g/mol. The Morgan fingerprint density at radius 1 is 1.19 bits per heavy atom. The van der Waals surface area contributed by atoms with E-state index >= 15 is 0 Å². The Morgan fingerprint density at radius 3 is 2.78 bits per heavy atom. The summed E-state index contributed by atoms with van der Waals surface area (Å²) in [5, 5.41) is 0. The monoisotopic (exact) mass is 434 g/mol. The van der Waals surface area contributed by atoms with E-state index in [1.807, 2.05) is 36.1 Å². The van der Waals surface area contributed by atoms with Gasteiger partial charge in [0.25, 0.3) is 0 Å². The van der Waals surface area contributed by atoms with Crippen LogP contribution in [0, 0.1) is 13.8 Å². The molecule has 1 aliphatic rings. The molecular weight excluding hydrogens is 408 g/mol. The van der Waals surface area contributed by atoms with Crippen LogP contribution in [0.5, 0.6) is 0 Å². The number of carbonyl (C=O) groups is 1. The summed E-state index contributed by atoms with van der Waals surface area (Å²) in [5.74, 6) is 0.0525. The lowest BCUT2D eigenvalue weighted by Gasteiger charge is -2.33. The molecule has 0 aliphatic carbocycles. The number of carbonyl (C=O) groups excluding carboxylic acids is 1. The van der Waals surface area contributed by atoms with E-state index in [-0.39, 0.29) is 17.7 Å². The maximum Gasteiger partial charge on any atom is 0.347 e. The van der Waals surface area contributed by atoms with Crippen molar-refractivity contribution in [2.24, 2.45) is 0 Å². The highest BCUT2D eigenvalue weighted by Gasteiger charge is 2.26. The first-order chi connectivity index (χ1) is 15.5. The number of ether oxygens (including phenoxy) is 1. The Bertz CT molecular complexity index is 1150. The van der Waals surface area contributed by atoms with E-state index in [1.165, 1.54) is 6.33 Å². The van der Waals surface area contributed by atoms with Gasteiger partial charge in [-0.25, -0.2) is 19.7 Å². The summed E-state index contributed by atoms with van der Waals surface area (Å²) >= 11 is 0. The van der Waals surface area contributed by atoms with Crippen molar-refractivity contribution in [3.63, 3.8) is 0 Å². The molecule has 166 valence electrons. The van der Waals surface area contributed by atoms with E-state index in [4.69, 9.17) is 9.72 Å². The number of aryl methyl sites for hydroxylation is 2. The lowest BCUT2D eigenvalue weighted by atomic mass is 10.1. The smallest absolute Gasteiger partial charge is 0.347 e. The predicted octanol–water partition coefficient (Wildman–Crippen LogP) is 2.09. The Kier molecular flexibility index (Phi) is 6.65. The summed E-state index contributed by atoms with van der Waals surface area (Å²) < 4.78 is 7.53. The second kappa shape index (κ2) is 9.78. The SMILES string of the molecule is Cc1cc(C)n(CCCC(=O)N2CCOC(c3cccc(-c4cncnc4)n3)C2)c(=O)n1. The molecule has 4 heterocycles. The fraction of sp³-hybridized carbons (Fsp3) is 0.391. The van der Waals surface area contributed by atoms with Gasteiger partial charge in [-0.2, -0.15) is 4.98 Å². The molecule has 0 N–H and O–H groups in total. The standard InChI is InChI=1S/C23H26N6O3/c1-16-11-17(2)29(23(31)26-16)8-4-7-22(30)28-9-10-32-21(14-28)20-6-3-5-19(27-20)18-12-24-15-25-13-18/h3,5-6,11-13,15,21H,4,7-10,14H2,1-2H3. The molecule has 9 nitrogen and oxygen atoms in total. The van der Waals surface area contributed by atoms with Gasteiger partial charge in [-0.15, -0.1) is 0 Å². The van der Waals surface area contributed by atoms with Crippen LogP contribution < -0.4 is 5.69 Å². The summed E-state index contributed by atoms with van der Waals surface area (Å²) in [6.07, 6.45) is 5.56. The first kappa shape index (κ1) is 21.8. The van der Waals surface area contributed by atoms with Crippen LogP contribution in [0.4, 0.5) is 0 Å². The van der Waals surface area contributed by atoms with E-state index in [1.54, 1.807) is 23.9 Å². The molecule has 1 unspecified atom stereocenters. The number of morpholine rings is 1. The van der Waals surface area contributed by atoms with Gasteiger partial charge in [-0.3, -0.25) is 9.36 Å². The van der Waals surface area contributed by atoms with Crippen molar-refractivity contribution in [2.75, 3.05) is 19.7 Å². The number of aromatic nitrogens is 5. The molecule has 1 amide bonds. The molecule has 0 saturated carbocycles. The highest BCUT2D eigenvalue weighted by molar-refractivity contribution is 5.76. The molecule has 0 bridgehead atoms. The molecule has 32 heavy (non-hydrogen) atoms. The van der Waals surface area contributed by atoms with Gasteiger partial charge < -0.3 is 9.64 Å². The van der Waals surface area contributed by atoms with Crippen molar-refractivity contribution in [1.29, 1.82) is 0 Å². The Balaban J connectivity index is 1.37. The molecule has 0 aromatic carbocycles. The van der Waals surface area contributed by atoms with Crippen LogP contribution in [0.15, 0.2) is 47.8 Å². The minimum Gasteiger partial charge on any atom is -0.368 e. The van der Waals surface area contributed by atoms with Gasteiger partial charge in [-0.05, 0) is 38.5 Å². The molecule has 1 atom stereocenters. The third-order valence-electron chi connectivity index (χ3n) is 5.49. The third kappa shape index (κ3) is 5.05. The normalized spacial score (nSPS) is 16.2. The molecule has 0 radical (unpaired) electrons. The number of pyridine rings is 1. The minimum absolute atomic E-state index is 0.0525. The first-order valence-corrected chi connectivity index (χ1v) is 10.7. The second-order valence-corrected chi connectivity index (χ2v) is 7.85. The maximum atomic E-state index is 12.8. The molecule has 3 aromatic heterocycles. The van der Waals surface area contributed by atoms with Crippen LogP contribution in [0.25, 0.3) is 11.3 Å². The van der Waals surface area contributed by atoms with Crippen molar-refractivity contribution in [1.82, 2.24) is 29.4 Å². The number of hydrogen-bond donors (Lipinski definition) is 0. The zero-order chi connectivity index (χ0) is 22.5. The van der Waals surface area contributed by atoms with Crippen LogP contribution in [0.2, 0.25) is 0 Å². The minimum atomic E-state index is -0.288. The second-order valence-electron chi connectivity index (χ2n) is 7.85. The topological polar surface area (TPSA) is 103 Å². The van der Waals surface area contributed by atoms with Crippen LogP contribution in [-0.4, -0.2) is 55.0 Å². The van der Waals surface area contributed by atoms with Crippen molar-refractivity contribution >= 4 is 5.91 Å². The maximum absolute atomic E-state index is 12.8. The summed E-state index contributed by atoms with van der Waals surface area (Å²) in [7, 11) is 0. The number of nitrogens with zero attached hydrogens (tertiary/aromatic N) is 6. The first-order valence-electron chi connectivity index (χ1n) is 10.7. The fourth-order valence-electron chi connectivity index (χ4n) is 3.87. The van der Waals surface area contributed by atoms with Gasteiger partial charge in [0.1, 0.15) is 12.4 Å². The molecule has 9 heteroatoms. The molecule has 3 aromatic rings.